The number of anilines is 1. The Kier molecular flexibility index (Phi) is 4.09. The van der Waals surface area contributed by atoms with E-state index in [4.69, 9.17) is 4.74 Å². The first-order valence-corrected chi connectivity index (χ1v) is 9.09. The molecular formula is C16H23N5OS. The van der Waals surface area contributed by atoms with Crippen molar-refractivity contribution in [2.24, 2.45) is 7.05 Å². The molecule has 2 aromatic heterocycles. The summed E-state index contributed by atoms with van der Waals surface area (Å²) in [6.07, 6.45) is 9.23. The highest BCUT2D eigenvalue weighted by atomic mass is 32.1. The Morgan fingerprint density at radius 1 is 1.43 bits per heavy atom. The predicted octanol–water partition coefficient (Wildman–Crippen LogP) is 2.11. The number of piperidine rings is 1. The summed E-state index contributed by atoms with van der Waals surface area (Å²) in [5.41, 5.74) is 1.36. The maximum Gasteiger partial charge on any atom is 0.182 e. The molecule has 0 aliphatic carbocycles. The number of aryl methyl sites for hydroxylation is 1. The van der Waals surface area contributed by atoms with E-state index in [1.807, 2.05) is 29.5 Å². The Labute approximate surface area is 140 Å². The Bertz CT molecular complexity index is 633. The first-order valence-electron chi connectivity index (χ1n) is 8.21. The molecule has 0 radical (unpaired) electrons. The molecule has 0 aromatic carbocycles. The lowest BCUT2D eigenvalue weighted by Gasteiger charge is -2.38. The quantitative estimate of drug-likeness (QED) is 0.929. The molecule has 23 heavy (non-hydrogen) atoms. The Hall–Kier alpha value is -1.44. The number of ether oxygens (including phenoxy) is 1. The molecule has 2 saturated heterocycles. The number of nitrogens with one attached hydrogen (secondary N) is 1. The lowest BCUT2D eigenvalue weighted by Crippen LogP contribution is -2.44. The molecule has 124 valence electrons. The topological polar surface area (TPSA) is 55.2 Å². The summed E-state index contributed by atoms with van der Waals surface area (Å²) in [5.74, 6) is 0. The summed E-state index contributed by atoms with van der Waals surface area (Å²) in [4.78, 5) is 6.82. The zero-order chi connectivity index (χ0) is 15.7. The van der Waals surface area contributed by atoms with Crippen LogP contribution < -0.4 is 5.32 Å². The monoisotopic (exact) mass is 333 g/mol. The van der Waals surface area contributed by atoms with Crippen LogP contribution in [0, 0.1) is 0 Å². The summed E-state index contributed by atoms with van der Waals surface area (Å²) in [5, 5.41) is 10.8. The fourth-order valence-electron chi connectivity index (χ4n) is 3.69. The maximum atomic E-state index is 6.22. The van der Waals surface area contributed by atoms with E-state index in [2.05, 4.69) is 26.5 Å². The van der Waals surface area contributed by atoms with Gasteiger partial charge in [-0.05, 0) is 19.3 Å². The molecule has 1 spiro atoms. The minimum Gasteiger partial charge on any atom is -0.373 e. The first kappa shape index (κ1) is 15.1. The van der Waals surface area contributed by atoms with Gasteiger partial charge in [-0.3, -0.25) is 9.58 Å². The van der Waals surface area contributed by atoms with Gasteiger partial charge in [0, 0.05) is 50.0 Å². The Morgan fingerprint density at radius 3 is 3.00 bits per heavy atom. The average molecular weight is 333 g/mol. The summed E-state index contributed by atoms with van der Waals surface area (Å²) in [6, 6.07) is 0.394. The molecule has 0 saturated carbocycles. The molecule has 1 unspecified atom stereocenters. The standard InChI is InChI=1S/C16H23N5OS/c1-20-10-13(9-18-20)11-21-5-2-16(3-6-21)8-14(12-22-16)19-15-17-4-7-23-15/h4,7,9-10,14H,2-3,5-6,8,11-12H2,1H3,(H,17,19). The fraction of sp³-hybridized carbons (Fsp3) is 0.625. The molecule has 1 atom stereocenters. The summed E-state index contributed by atoms with van der Waals surface area (Å²) in [7, 11) is 1.97. The average Bonchev–Trinajstić information content (AvgIpc) is 3.26. The van der Waals surface area contributed by atoms with E-state index in [1.165, 1.54) is 5.56 Å². The van der Waals surface area contributed by atoms with Crippen molar-refractivity contribution in [2.75, 3.05) is 25.0 Å². The lowest BCUT2D eigenvalue weighted by molar-refractivity contribution is -0.0448. The van der Waals surface area contributed by atoms with E-state index in [1.54, 1.807) is 11.3 Å². The summed E-state index contributed by atoms with van der Waals surface area (Å²) < 4.78 is 8.09. The van der Waals surface area contributed by atoms with Crippen LogP contribution in [0.25, 0.3) is 0 Å². The molecule has 2 aromatic rings. The van der Waals surface area contributed by atoms with Gasteiger partial charge in [-0.1, -0.05) is 0 Å². The zero-order valence-electron chi connectivity index (χ0n) is 13.4. The highest BCUT2D eigenvalue weighted by molar-refractivity contribution is 7.13. The van der Waals surface area contributed by atoms with E-state index in [0.717, 1.165) is 50.6 Å². The van der Waals surface area contributed by atoms with Crippen molar-refractivity contribution >= 4 is 16.5 Å². The molecule has 0 amide bonds. The second-order valence-corrected chi connectivity index (χ2v) is 7.57. The molecule has 1 N–H and O–H groups in total. The van der Waals surface area contributed by atoms with Crippen molar-refractivity contribution in [1.82, 2.24) is 19.7 Å². The third kappa shape index (κ3) is 3.41. The number of nitrogens with zero attached hydrogens (tertiary/aromatic N) is 4. The maximum absolute atomic E-state index is 6.22. The first-order chi connectivity index (χ1) is 11.2. The third-order valence-corrected chi connectivity index (χ3v) is 5.61. The number of aromatic nitrogens is 3. The number of likely N-dealkylation sites (tertiary alicyclic amines) is 1. The van der Waals surface area contributed by atoms with Crippen LogP contribution in [0.2, 0.25) is 0 Å². The minimum atomic E-state index is 0.0698. The van der Waals surface area contributed by atoms with Crippen LogP contribution in [0.1, 0.15) is 24.8 Å². The van der Waals surface area contributed by atoms with Gasteiger partial charge in [-0.2, -0.15) is 5.10 Å². The van der Waals surface area contributed by atoms with Gasteiger partial charge >= 0.3 is 0 Å². The van der Waals surface area contributed by atoms with Gasteiger partial charge in [0.05, 0.1) is 24.4 Å². The number of rotatable bonds is 4. The van der Waals surface area contributed by atoms with E-state index in [9.17, 15) is 0 Å². The molecule has 0 bridgehead atoms. The van der Waals surface area contributed by atoms with Crippen molar-refractivity contribution in [3.63, 3.8) is 0 Å². The van der Waals surface area contributed by atoms with Gasteiger partial charge in [0.25, 0.3) is 0 Å². The zero-order valence-corrected chi connectivity index (χ0v) is 14.3. The molecule has 4 rings (SSSR count). The molecule has 6 nitrogen and oxygen atoms in total. The van der Waals surface area contributed by atoms with Crippen LogP contribution in [0.3, 0.4) is 0 Å². The fourth-order valence-corrected chi connectivity index (χ4v) is 4.29. The van der Waals surface area contributed by atoms with Gasteiger partial charge in [-0.15, -0.1) is 11.3 Å². The molecule has 2 aliphatic heterocycles. The van der Waals surface area contributed by atoms with E-state index in [0.29, 0.717) is 6.04 Å². The van der Waals surface area contributed by atoms with E-state index < -0.39 is 0 Å². The van der Waals surface area contributed by atoms with Crippen molar-refractivity contribution < 1.29 is 4.74 Å². The second-order valence-electron chi connectivity index (χ2n) is 6.68. The van der Waals surface area contributed by atoms with E-state index >= 15 is 0 Å². The summed E-state index contributed by atoms with van der Waals surface area (Å²) in [6.45, 7) is 3.98. The molecule has 2 aliphatic rings. The van der Waals surface area contributed by atoms with E-state index in [-0.39, 0.29) is 5.60 Å². The van der Waals surface area contributed by atoms with Gasteiger partial charge in [0.2, 0.25) is 0 Å². The van der Waals surface area contributed by atoms with Crippen molar-refractivity contribution in [2.45, 2.75) is 37.5 Å². The van der Waals surface area contributed by atoms with Crippen LogP contribution >= 0.6 is 11.3 Å². The lowest BCUT2D eigenvalue weighted by atomic mass is 9.87. The van der Waals surface area contributed by atoms with Crippen LogP contribution in [0.5, 0.6) is 0 Å². The van der Waals surface area contributed by atoms with Gasteiger partial charge < -0.3 is 10.1 Å². The minimum absolute atomic E-state index is 0.0698. The van der Waals surface area contributed by atoms with Crippen LogP contribution in [0.4, 0.5) is 5.13 Å². The number of hydrogen-bond donors (Lipinski definition) is 1. The molecular weight excluding hydrogens is 310 g/mol. The van der Waals surface area contributed by atoms with Gasteiger partial charge in [-0.25, -0.2) is 4.98 Å². The van der Waals surface area contributed by atoms with Gasteiger partial charge in [0.15, 0.2) is 5.13 Å². The largest absolute Gasteiger partial charge is 0.373 e. The van der Waals surface area contributed by atoms with Crippen molar-refractivity contribution in [3.8, 4) is 0 Å². The Morgan fingerprint density at radius 2 is 2.30 bits per heavy atom. The predicted molar refractivity (Wildman–Crippen MR) is 90.5 cm³/mol. The number of hydrogen-bond acceptors (Lipinski definition) is 6. The normalized spacial score (nSPS) is 24.3. The van der Waals surface area contributed by atoms with Crippen molar-refractivity contribution in [3.05, 3.63) is 29.5 Å². The van der Waals surface area contributed by atoms with Crippen LogP contribution in [-0.4, -0.2) is 51.0 Å². The van der Waals surface area contributed by atoms with Crippen LogP contribution in [0.15, 0.2) is 24.0 Å². The highest BCUT2D eigenvalue weighted by Crippen LogP contribution is 2.37. The van der Waals surface area contributed by atoms with Crippen LogP contribution in [-0.2, 0) is 18.3 Å². The number of thiazole rings is 1. The Balaban J connectivity index is 1.29. The molecule has 4 heterocycles. The highest BCUT2D eigenvalue weighted by Gasteiger charge is 2.42. The van der Waals surface area contributed by atoms with Crippen molar-refractivity contribution in [1.29, 1.82) is 0 Å². The summed E-state index contributed by atoms with van der Waals surface area (Å²) >= 11 is 1.65. The SMILES string of the molecule is Cn1cc(CN2CCC3(CC2)CC(Nc2nccs2)CO3)cn1. The smallest absolute Gasteiger partial charge is 0.182 e. The molecule has 7 heteroatoms. The van der Waals surface area contributed by atoms with Gasteiger partial charge in [0.1, 0.15) is 0 Å². The molecule has 2 fully saturated rings. The third-order valence-electron chi connectivity index (χ3n) is 4.90. The second kappa shape index (κ2) is 6.22.